The third kappa shape index (κ3) is 8.97. The van der Waals surface area contributed by atoms with E-state index in [1.807, 2.05) is 0 Å². The summed E-state index contributed by atoms with van der Waals surface area (Å²) in [6.45, 7) is 3.26. The van der Waals surface area contributed by atoms with Crippen LogP contribution in [0, 0.1) is 5.92 Å². The van der Waals surface area contributed by atoms with Gasteiger partial charge in [0.25, 0.3) is 0 Å². The summed E-state index contributed by atoms with van der Waals surface area (Å²) in [6.07, 6.45) is -0.825. The highest BCUT2D eigenvalue weighted by Crippen LogP contribution is 2.06. The van der Waals surface area contributed by atoms with Gasteiger partial charge in [0, 0.05) is 12.8 Å². The second-order valence-electron chi connectivity index (χ2n) is 6.17. The van der Waals surface area contributed by atoms with Gasteiger partial charge >= 0.3 is 11.9 Å². The van der Waals surface area contributed by atoms with E-state index < -0.39 is 60.1 Å². The number of carbonyl (C=O) groups excluding carboxylic acids is 3. The Bertz CT molecular complexity index is 550. The number of aliphatic carboxylic acids is 2. The fourth-order valence-electron chi connectivity index (χ4n) is 2.01. The molecule has 0 heterocycles. The average Bonchev–Trinajstić information content (AvgIpc) is 2.52. The minimum absolute atomic E-state index is 0.00393. The van der Waals surface area contributed by atoms with E-state index in [-0.39, 0.29) is 19.3 Å². The van der Waals surface area contributed by atoms with Crippen molar-refractivity contribution in [2.45, 2.75) is 57.7 Å². The lowest BCUT2D eigenvalue weighted by molar-refractivity contribution is -0.143. The lowest BCUT2D eigenvalue weighted by Gasteiger charge is -2.25. The van der Waals surface area contributed by atoms with Gasteiger partial charge in [0.1, 0.15) is 12.1 Å². The fraction of sp³-hybridized carbons (Fsp3) is 0.667. The predicted molar refractivity (Wildman–Crippen MR) is 89.6 cm³/mol. The Balaban J connectivity index is 4.92. The Hall–Kier alpha value is -2.69. The molecule has 0 unspecified atom stereocenters. The molecule has 0 bridgehead atoms. The van der Waals surface area contributed by atoms with Crippen molar-refractivity contribution in [3.05, 3.63) is 0 Å². The van der Waals surface area contributed by atoms with Crippen molar-refractivity contribution < 1.29 is 34.2 Å². The summed E-state index contributed by atoms with van der Waals surface area (Å²) in [6, 6.07) is -3.53. The fourth-order valence-corrected chi connectivity index (χ4v) is 2.01. The van der Waals surface area contributed by atoms with Crippen LogP contribution in [-0.2, 0) is 24.0 Å². The molecule has 11 heteroatoms. The van der Waals surface area contributed by atoms with Crippen LogP contribution in [0.5, 0.6) is 0 Å². The average molecular weight is 374 g/mol. The van der Waals surface area contributed by atoms with E-state index in [0.29, 0.717) is 0 Å². The van der Waals surface area contributed by atoms with Crippen molar-refractivity contribution >= 4 is 29.7 Å². The molecule has 0 fully saturated rings. The van der Waals surface area contributed by atoms with Gasteiger partial charge in [-0.1, -0.05) is 13.8 Å². The highest BCUT2D eigenvalue weighted by Gasteiger charge is 2.30. The molecule has 0 saturated carbocycles. The highest BCUT2D eigenvalue weighted by molar-refractivity contribution is 5.92. The molecule has 0 aliphatic heterocycles. The number of hydrogen-bond acceptors (Lipinski definition) is 6. The van der Waals surface area contributed by atoms with Crippen LogP contribution in [0.4, 0.5) is 0 Å². The van der Waals surface area contributed by atoms with Crippen LogP contribution in [0.3, 0.4) is 0 Å². The van der Waals surface area contributed by atoms with Crippen LogP contribution in [0.15, 0.2) is 0 Å². The molecule has 0 aliphatic rings. The van der Waals surface area contributed by atoms with Crippen molar-refractivity contribution in [2.24, 2.45) is 17.4 Å². The zero-order valence-corrected chi connectivity index (χ0v) is 14.7. The lowest BCUT2D eigenvalue weighted by atomic mass is 10.0. The first kappa shape index (κ1) is 23.3. The van der Waals surface area contributed by atoms with Gasteiger partial charge in [0.05, 0.1) is 6.04 Å². The molecule has 0 saturated heterocycles. The van der Waals surface area contributed by atoms with Crippen molar-refractivity contribution in [3.8, 4) is 0 Å². The van der Waals surface area contributed by atoms with E-state index in [2.05, 4.69) is 10.6 Å². The summed E-state index contributed by atoms with van der Waals surface area (Å²) in [7, 11) is 0. The summed E-state index contributed by atoms with van der Waals surface area (Å²) in [5.41, 5.74) is 10.6. The molecule has 0 rings (SSSR count). The maximum atomic E-state index is 12.3. The van der Waals surface area contributed by atoms with Gasteiger partial charge in [-0.15, -0.1) is 0 Å². The Kier molecular flexibility index (Phi) is 9.89. The Morgan fingerprint density at radius 3 is 1.92 bits per heavy atom. The van der Waals surface area contributed by atoms with E-state index >= 15 is 0 Å². The van der Waals surface area contributed by atoms with Crippen LogP contribution >= 0.6 is 0 Å². The quantitative estimate of drug-likeness (QED) is 0.228. The van der Waals surface area contributed by atoms with E-state index in [4.69, 9.17) is 21.7 Å². The minimum Gasteiger partial charge on any atom is -0.481 e. The largest absolute Gasteiger partial charge is 0.481 e. The second-order valence-corrected chi connectivity index (χ2v) is 6.17. The zero-order chi connectivity index (χ0) is 20.4. The molecule has 0 aliphatic carbocycles. The van der Waals surface area contributed by atoms with E-state index in [9.17, 15) is 24.0 Å². The van der Waals surface area contributed by atoms with E-state index in [1.165, 1.54) is 0 Å². The van der Waals surface area contributed by atoms with Crippen molar-refractivity contribution in [1.82, 2.24) is 10.6 Å². The van der Waals surface area contributed by atoms with E-state index in [1.54, 1.807) is 13.8 Å². The number of rotatable bonds is 12. The number of carbonyl (C=O) groups is 5. The van der Waals surface area contributed by atoms with Crippen molar-refractivity contribution in [3.63, 3.8) is 0 Å². The SMILES string of the molecule is CC(C)[C@H](NC(=O)[C@@H](N)CCC(N)=O)C(=O)N[C@@H](CCC(=O)O)C(=O)O. The number of carboxylic acid groups (broad SMARTS) is 2. The van der Waals surface area contributed by atoms with Gasteiger partial charge in [-0.3, -0.25) is 19.2 Å². The maximum absolute atomic E-state index is 12.3. The Morgan fingerprint density at radius 1 is 0.923 bits per heavy atom. The Morgan fingerprint density at radius 2 is 1.50 bits per heavy atom. The molecule has 3 atom stereocenters. The lowest BCUT2D eigenvalue weighted by Crippen LogP contribution is -2.56. The van der Waals surface area contributed by atoms with Crippen molar-refractivity contribution in [1.29, 1.82) is 0 Å². The number of primary amides is 1. The number of nitrogens with two attached hydrogens (primary N) is 2. The monoisotopic (exact) mass is 374 g/mol. The molecule has 0 radical (unpaired) electrons. The van der Waals surface area contributed by atoms with E-state index in [0.717, 1.165) is 0 Å². The first-order valence-corrected chi connectivity index (χ1v) is 8.04. The molecule has 148 valence electrons. The molecule has 3 amide bonds. The second kappa shape index (κ2) is 11.0. The predicted octanol–water partition coefficient (Wildman–Crippen LogP) is -1.85. The van der Waals surface area contributed by atoms with Crippen LogP contribution < -0.4 is 22.1 Å². The van der Waals surface area contributed by atoms with Crippen LogP contribution in [0.25, 0.3) is 0 Å². The molecule has 26 heavy (non-hydrogen) atoms. The number of hydrogen-bond donors (Lipinski definition) is 6. The Labute approximate surface area is 150 Å². The van der Waals surface area contributed by atoms with Crippen molar-refractivity contribution in [2.75, 3.05) is 0 Å². The van der Waals surface area contributed by atoms with Gasteiger partial charge in [0.15, 0.2) is 0 Å². The first-order chi connectivity index (χ1) is 12.0. The molecule has 0 aromatic carbocycles. The van der Waals surface area contributed by atoms with Gasteiger partial charge < -0.3 is 32.3 Å². The first-order valence-electron chi connectivity index (χ1n) is 8.04. The van der Waals surface area contributed by atoms with Crippen LogP contribution in [0.2, 0.25) is 0 Å². The number of amides is 3. The molecular weight excluding hydrogens is 348 g/mol. The summed E-state index contributed by atoms with van der Waals surface area (Å²) >= 11 is 0. The minimum atomic E-state index is -1.40. The van der Waals surface area contributed by atoms with Gasteiger partial charge in [-0.05, 0) is 18.8 Å². The molecule has 0 aromatic rings. The molecule has 8 N–H and O–H groups in total. The molecule has 0 aromatic heterocycles. The third-order valence-corrected chi connectivity index (χ3v) is 3.55. The number of nitrogens with one attached hydrogen (secondary N) is 2. The zero-order valence-electron chi connectivity index (χ0n) is 14.7. The van der Waals surface area contributed by atoms with Crippen LogP contribution in [0.1, 0.15) is 39.5 Å². The molecule has 11 nitrogen and oxygen atoms in total. The highest BCUT2D eigenvalue weighted by atomic mass is 16.4. The molecular formula is C15H26N4O7. The summed E-state index contributed by atoms with van der Waals surface area (Å²) in [4.78, 5) is 56.8. The number of carboxylic acids is 2. The summed E-state index contributed by atoms with van der Waals surface area (Å²) in [5.74, 6) is -5.04. The third-order valence-electron chi connectivity index (χ3n) is 3.55. The normalized spacial score (nSPS) is 14.2. The summed E-state index contributed by atoms with van der Waals surface area (Å²) in [5, 5.41) is 22.4. The maximum Gasteiger partial charge on any atom is 0.326 e. The topological polar surface area (TPSA) is 202 Å². The summed E-state index contributed by atoms with van der Waals surface area (Å²) < 4.78 is 0. The van der Waals surface area contributed by atoms with Crippen LogP contribution in [-0.4, -0.2) is 58.0 Å². The standard InChI is InChI=1S/C15H26N4O7/c1-7(2)12(19-13(23)8(16)3-5-10(17)20)14(24)18-9(15(25)26)4-6-11(21)22/h7-9,12H,3-6,16H2,1-2H3,(H2,17,20)(H,18,24)(H,19,23)(H,21,22)(H,25,26)/t8-,9-,12-/m0/s1. The van der Waals surface area contributed by atoms with Gasteiger partial charge in [-0.25, -0.2) is 4.79 Å². The van der Waals surface area contributed by atoms with Gasteiger partial charge in [-0.2, -0.15) is 0 Å². The van der Waals surface area contributed by atoms with Gasteiger partial charge in [0.2, 0.25) is 17.7 Å². The molecule has 0 spiro atoms. The smallest absolute Gasteiger partial charge is 0.326 e.